The lowest BCUT2D eigenvalue weighted by atomic mass is 10.1. The molecule has 1 aliphatic rings. The third kappa shape index (κ3) is 2.99. The van der Waals surface area contributed by atoms with Gasteiger partial charge in [-0.1, -0.05) is 13.3 Å². The molecule has 1 heterocycles. The Hall–Kier alpha value is -1.50. The number of carbonyl (C=O) groups excluding carboxylic acids is 2. The van der Waals surface area contributed by atoms with Gasteiger partial charge in [-0.2, -0.15) is 0 Å². The normalized spacial score (nSPS) is 19.4. The van der Waals surface area contributed by atoms with Crippen LogP contribution in [0.15, 0.2) is 0 Å². The summed E-state index contributed by atoms with van der Waals surface area (Å²) in [6.07, 6.45) is 7.82. The molecule has 0 unspecified atom stereocenters. The van der Waals surface area contributed by atoms with Gasteiger partial charge >= 0.3 is 6.09 Å². The molecule has 1 atom stereocenters. The number of hydrogen-bond donors (Lipinski definition) is 0. The number of cyclic esters (lactones) is 1. The zero-order valence-corrected chi connectivity index (χ0v) is 9.57. The second kappa shape index (κ2) is 6.16. The monoisotopic (exact) mass is 223 g/mol. The van der Waals surface area contributed by atoms with Crippen LogP contribution >= 0.6 is 0 Å². The molecule has 0 saturated carbocycles. The zero-order chi connectivity index (χ0) is 12.0. The van der Waals surface area contributed by atoms with Crippen molar-refractivity contribution in [1.29, 1.82) is 0 Å². The quantitative estimate of drug-likeness (QED) is 0.528. The Morgan fingerprint density at radius 3 is 3.06 bits per heavy atom. The van der Waals surface area contributed by atoms with E-state index in [2.05, 4.69) is 5.92 Å². The molecule has 2 amide bonds. The van der Waals surface area contributed by atoms with E-state index in [0.29, 0.717) is 25.9 Å². The number of hydrogen-bond acceptors (Lipinski definition) is 3. The fourth-order valence-electron chi connectivity index (χ4n) is 1.77. The maximum absolute atomic E-state index is 11.8. The summed E-state index contributed by atoms with van der Waals surface area (Å²) in [5, 5.41) is 0. The molecule has 0 aromatic rings. The molecule has 0 radical (unpaired) electrons. The molecule has 1 saturated heterocycles. The van der Waals surface area contributed by atoms with Gasteiger partial charge < -0.3 is 4.74 Å². The van der Waals surface area contributed by atoms with Crippen LogP contribution in [0, 0.1) is 12.3 Å². The molecular weight excluding hydrogens is 206 g/mol. The second-order valence-corrected chi connectivity index (χ2v) is 3.84. The van der Waals surface area contributed by atoms with E-state index in [-0.39, 0.29) is 11.9 Å². The van der Waals surface area contributed by atoms with Crippen LogP contribution in [0.4, 0.5) is 4.79 Å². The minimum atomic E-state index is -0.510. The summed E-state index contributed by atoms with van der Waals surface area (Å²) in [5.41, 5.74) is 0. The molecule has 1 aliphatic heterocycles. The summed E-state index contributed by atoms with van der Waals surface area (Å²) in [7, 11) is 0. The van der Waals surface area contributed by atoms with Gasteiger partial charge in [0.05, 0.1) is 6.04 Å². The fourth-order valence-corrected chi connectivity index (χ4v) is 1.77. The number of terminal acetylenes is 1. The van der Waals surface area contributed by atoms with Gasteiger partial charge in [0.15, 0.2) is 0 Å². The smallest absolute Gasteiger partial charge is 0.416 e. The first-order chi connectivity index (χ1) is 7.70. The largest absolute Gasteiger partial charge is 0.447 e. The summed E-state index contributed by atoms with van der Waals surface area (Å²) >= 11 is 0. The van der Waals surface area contributed by atoms with E-state index in [1.165, 1.54) is 4.90 Å². The molecule has 0 aliphatic carbocycles. The van der Waals surface area contributed by atoms with E-state index in [9.17, 15) is 9.59 Å². The van der Waals surface area contributed by atoms with E-state index < -0.39 is 6.09 Å². The first-order valence-electron chi connectivity index (χ1n) is 5.63. The summed E-state index contributed by atoms with van der Waals surface area (Å²) in [4.78, 5) is 24.4. The number of unbranched alkanes of at least 4 members (excludes halogenated alkanes) is 1. The number of carbonyl (C=O) groups is 2. The molecule has 88 valence electrons. The Morgan fingerprint density at radius 2 is 2.44 bits per heavy atom. The van der Waals surface area contributed by atoms with Gasteiger partial charge in [0, 0.05) is 12.8 Å². The Labute approximate surface area is 95.9 Å². The molecule has 4 heteroatoms. The number of rotatable bonds is 5. The predicted octanol–water partition coefficient (Wildman–Crippen LogP) is 1.94. The van der Waals surface area contributed by atoms with Crippen molar-refractivity contribution in [3.8, 4) is 12.3 Å². The van der Waals surface area contributed by atoms with Crippen molar-refractivity contribution in [1.82, 2.24) is 4.90 Å². The van der Waals surface area contributed by atoms with Crippen molar-refractivity contribution in [2.75, 3.05) is 6.61 Å². The van der Waals surface area contributed by atoms with E-state index in [0.717, 1.165) is 12.8 Å². The summed E-state index contributed by atoms with van der Waals surface area (Å²) in [6.45, 7) is 2.34. The van der Waals surface area contributed by atoms with Gasteiger partial charge in [-0.15, -0.1) is 12.3 Å². The van der Waals surface area contributed by atoms with Crippen molar-refractivity contribution in [3.05, 3.63) is 0 Å². The third-order valence-electron chi connectivity index (χ3n) is 2.56. The van der Waals surface area contributed by atoms with Crippen molar-refractivity contribution < 1.29 is 14.3 Å². The zero-order valence-electron chi connectivity index (χ0n) is 9.57. The average Bonchev–Trinajstić information content (AvgIpc) is 2.61. The van der Waals surface area contributed by atoms with Gasteiger partial charge in [-0.3, -0.25) is 4.79 Å². The van der Waals surface area contributed by atoms with Crippen molar-refractivity contribution in [2.24, 2.45) is 0 Å². The average molecular weight is 223 g/mol. The highest BCUT2D eigenvalue weighted by Gasteiger charge is 2.36. The van der Waals surface area contributed by atoms with Crippen molar-refractivity contribution in [3.63, 3.8) is 0 Å². The lowest BCUT2D eigenvalue weighted by Crippen LogP contribution is -2.38. The topological polar surface area (TPSA) is 46.6 Å². The molecule has 0 bridgehead atoms. The third-order valence-corrected chi connectivity index (χ3v) is 2.56. The Kier molecular flexibility index (Phi) is 4.84. The van der Waals surface area contributed by atoms with Gasteiger partial charge in [0.1, 0.15) is 6.61 Å². The summed E-state index contributed by atoms with van der Waals surface area (Å²) < 4.78 is 4.88. The Morgan fingerprint density at radius 1 is 1.69 bits per heavy atom. The van der Waals surface area contributed by atoms with Crippen LogP contribution in [0.2, 0.25) is 0 Å². The van der Waals surface area contributed by atoms with E-state index >= 15 is 0 Å². The van der Waals surface area contributed by atoms with Crippen LogP contribution in [0.1, 0.15) is 39.0 Å². The van der Waals surface area contributed by atoms with E-state index in [4.69, 9.17) is 11.2 Å². The first-order valence-corrected chi connectivity index (χ1v) is 5.63. The first kappa shape index (κ1) is 12.6. The van der Waals surface area contributed by atoms with Crippen molar-refractivity contribution >= 4 is 12.0 Å². The minimum absolute atomic E-state index is 0.0872. The number of nitrogens with zero attached hydrogens (tertiary/aromatic N) is 1. The second-order valence-electron chi connectivity index (χ2n) is 3.84. The van der Waals surface area contributed by atoms with Crippen LogP contribution < -0.4 is 0 Å². The number of imide groups is 1. The van der Waals surface area contributed by atoms with Crippen molar-refractivity contribution in [2.45, 2.75) is 45.1 Å². The highest BCUT2D eigenvalue weighted by atomic mass is 16.6. The SMILES string of the molecule is C#CCCCC(=O)N1C(=O)OC[C@@H]1CCC. The highest BCUT2D eigenvalue weighted by Crippen LogP contribution is 2.18. The van der Waals surface area contributed by atoms with Crippen LogP contribution in [0.3, 0.4) is 0 Å². The summed E-state index contributed by atoms with van der Waals surface area (Å²) in [6, 6.07) is -0.0872. The molecule has 1 fully saturated rings. The predicted molar refractivity (Wildman–Crippen MR) is 59.6 cm³/mol. The summed E-state index contributed by atoms with van der Waals surface area (Å²) in [5.74, 6) is 2.30. The van der Waals surface area contributed by atoms with Gasteiger partial charge in [0.25, 0.3) is 0 Å². The Balaban J connectivity index is 2.51. The van der Waals surface area contributed by atoms with E-state index in [1.54, 1.807) is 0 Å². The number of amides is 2. The fraction of sp³-hybridized carbons (Fsp3) is 0.667. The van der Waals surface area contributed by atoms with Gasteiger partial charge in [-0.05, 0) is 12.8 Å². The van der Waals surface area contributed by atoms with Crippen LogP contribution in [0.5, 0.6) is 0 Å². The van der Waals surface area contributed by atoms with E-state index in [1.807, 2.05) is 6.92 Å². The lowest BCUT2D eigenvalue weighted by Gasteiger charge is -2.18. The molecule has 0 aromatic carbocycles. The molecule has 0 aromatic heterocycles. The number of ether oxygens (including phenoxy) is 1. The van der Waals surface area contributed by atoms with Gasteiger partial charge in [-0.25, -0.2) is 9.69 Å². The molecule has 4 nitrogen and oxygen atoms in total. The molecule has 1 rings (SSSR count). The standard InChI is InChI=1S/C12H17NO3/c1-3-5-6-8-11(14)13-10(7-4-2)9-16-12(13)15/h1,10H,4-9H2,2H3/t10-/m0/s1. The molecule has 0 N–H and O–H groups in total. The Bertz CT molecular complexity index is 306. The lowest BCUT2D eigenvalue weighted by molar-refractivity contribution is -0.129. The van der Waals surface area contributed by atoms with Gasteiger partial charge in [0.2, 0.25) is 5.91 Å². The molecular formula is C12H17NO3. The highest BCUT2D eigenvalue weighted by molar-refractivity contribution is 5.93. The van der Waals surface area contributed by atoms with Crippen LogP contribution in [-0.2, 0) is 9.53 Å². The minimum Gasteiger partial charge on any atom is -0.447 e. The molecule has 16 heavy (non-hydrogen) atoms. The maximum Gasteiger partial charge on any atom is 0.416 e. The van der Waals surface area contributed by atoms with Crippen LogP contribution in [0.25, 0.3) is 0 Å². The van der Waals surface area contributed by atoms with Crippen LogP contribution in [-0.4, -0.2) is 29.5 Å². The maximum atomic E-state index is 11.8. The molecule has 0 spiro atoms.